The molecule has 0 amide bonds. The van der Waals surface area contributed by atoms with Crippen LogP contribution < -0.4 is 15.2 Å². The van der Waals surface area contributed by atoms with E-state index < -0.39 is 0 Å². The summed E-state index contributed by atoms with van der Waals surface area (Å²) < 4.78 is 10.9. The Morgan fingerprint density at radius 3 is 3.00 bits per heavy atom. The lowest BCUT2D eigenvalue weighted by molar-refractivity contribution is 0.257. The Morgan fingerprint density at radius 2 is 2.33 bits per heavy atom. The van der Waals surface area contributed by atoms with Crippen LogP contribution in [0.5, 0.6) is 11.5 Å². The van der Waals surface area contributed by atoms with Crippen molar-refractivity contribution < 1.29 is 9.47 Å². The van der Waals surface area contributed by atoms with Gasteiger partial charge in [-0.3, -0.25) is 0 Å². The topological polar surface area (TPSA) is 44.5 Å². The molecule has 1 aromatic rings. The molecule has 0 aromatic heterocycles. The highest BCUT2D eigenvalue weighted by Crippen LogP contribution is 2.55. The minimum atomic E-state index is 0.183. The van der Waals surface area contributed by atoms with Gasteiger partial charge in [0.2, 0.25) is 0 Å². The molecule has 1 aliphatic heterocycles. The van der Waals surface area contributed by atoms with E-state index in [0.29, 0.717) is 6.04 Å². The fourth-order valence-electron chi connectivity index (χ4n) is 2.56. The Balaban J connectivity index is 2.09. The largest absolute Gasteiger partial charge is 0.497 e. The van der Waals surface area contributed by atoms with Crippen LogP contribution >= 0.6 is 0 Å². The minimum Gasteiger partial charge on any atom is -0.497 e. The van der Waals surface area contributed by atoms with Gasteiger partial charge in [-0.05, 0) is 31.0 Å². The first kappa shape index (κ1) is 9.04. The predicted molar refractivity (Wildman–Crippen MR) is 57.4 cm³/mol. The molecule has 1 saturated carbocycles. The molecule has 1 aromatic carbocycles. The highest BCUT2D eigenvalue weighted by atomic mass is 16.5. The summed E-state index contributed by atoms with van der Waals surface area (Å²) in [7, 11) is 1.69. The van der Waals surface area contributed by atoms with Crippen LogP contribution in [-0.2, 0) is 5.41 Å². The van der Waals surface area contributed by atoms with E-state index in [1.54, 1.807) is 7.11 Å². The predicted octanol–water partition coefficient (Wildman–Crippen LogP) is 1.45. The van der Waals surface area contributed by atoms with Crippen LogP contribution in [0.4, 0.5) is 0 Å². The van der Waals surface area contributed by atoms with Gasteiger partial charge in [0.1, 0.15) is 11.5 Å². The molecule has 2 atom stereocenters. The molecular formula is C12H15NO2. The lowest BCUT2D eigenvalue weighted by Crippen LogP contribution is -2.26. The zero-order valence-corrected chi connectivity index (χ0v) is 8.82. The second-order valence-corrected chi connectivity index (χ2v) is 4.43. The van der Waals surface area contributed by atoms with Crippen LogP contribution in [-0.4, -0.2) is 19.8 Å². The van der Waals surface area contributed by atoms with Gasteiger partial charge in [-0.2, -0.15) is 0 Å². The van der Waals surface area contributed by atoms with Crippen molar-refractivity contribution in [1.82, 2.24) is 0 Å². The number of benzene rings is 1. The summed E-state index contributed by atoms with van der Waals surface area (Å²) in [6, 6.07) is 6.29. The number of fused-ring (bicyclic) bond motifs is 2. The Hall–Kier alpha value is -1.22. The lowest BCUT2D eigenvalue weighted by atomic mass is 9.89. The number of ether oxygens (including phenoxy) is 2. The molecule has 3 rings (SSSR count). The summed E-state index contributed by atoms with van der Waals surface area (Å²) in [6.07, 6.45) is 2.12. The fourth-order valence-corrected chi connectivity index (χ4v) is 2.56. The fraction of sp³-hybridized carbons (Fsp3) is 0.500. The number of methoxy groups -OCH3 is 1. The smallest absolute Gasteiger partial charge is 0.123 e. The van der Waals surface area contributed by atoms with Crippen LogP contribution in [0.3, 0.4) is 0 Å². The van der Waals surface area contributed by atoms with E-state index in [-0.39, 0.29) is 5.41 Å². The molecule has 0 unspecified atom stereocenters. The molecule has 80 valence electrons. The third-order valence-corrected chi connectivity index (χ3v) is 3.66. The van der Waals surface area contributed by atoms with E-state index in [2.05, 4.69) is 6.07 Å². The minimum absolute atomic E-state index is 0.183. The van der Waals surface area contributed by atoms with Gasteiger partial charge in [0.25, 0.3) is 0 Å². The van der Waals surface area contributed by atoms with E-state index in [1.807, 2.05) is 12.1 Å². The molecule has 3 heteroatoms. The number of nitrogens with two attached hydrogens (primary N) is 1. The monoisotopic (exact) mass is 205 g/mol. The van der Waals surface area contributed by atoms with Crippen LogP contribution in [0.15, 0.2) is 18.2 Å². The van der Waals surface area contributed by atoms with Gasteiger partial charge >= 0.3 is 0 Å². The standard InChI is InChI=1S/C12H15NO2/c1-14-8-2-3-10-9(6-8)12(4-5-15-10)7-11(12)13/h2-3,6,11H,4-5,7,13H2,1H3/t11-,12-/m1/s1. The molecule has 2 N–H and O–H groups in total. The Bertz CT molecular complexity index is 405. The average molecular weight is 205 g/mol. The highest BCUT2D eigenvalue weighted by molar-refractivity contribution is 5.51. The van der Waals surface area contributed by atoms with Crippen molar-refractivity contribution in [3.05, 3.63) is 23.8 Å². The van der Waals surface area contributed by atoms with E-state index in [0.717, 1.165) is 30.9 Å². The first-order valence-electron chi connectivity index (χ1n) is 5.33. The molecule has 0 radical (unpaired) electrons. The van der Waals surface area contributed by atoms with E-state index in [1.165, 1.54) is 5.56 Å². The van der Waals surface area contributed by atoms with Crippen molar-refractivity contribution >= 4 is 0 Å². The van der Waals surface area contributed by atoms with E-state index >= 15 is 0 Å². The summed E-state index contributed by atoms with van der Waals surface area (Å²) in [5.41, 5.74) is 7.46. The molecule has 1 fully saturated rings. The van der Waals surface area contributed by atoms with Crippen LogP contribution in [0.25, 0.3) is 0 Å². The number of hydrogen-bond acceptors (Lipinski definition) is 3. The van der Waals surface area contributed by atoms with Crippen LogP contribution in [0.1, 0.15) is 18.4 Å². The molecule has 3 nitrogen and oxygen atoms in total. The molecule has 2 aliphatic rings. The SMILES string of the molecule is COc1ccc2c(c1)[C@@]1(CCO2)C[C@H]1N. The zero-order valence-electron chi connectivity index (χ0n) is 8.82. The quantitative estimate of drug-likeness (QED) is 0.754. The Morgan fingerprint density at radius 1 is 1.53 bits per heavy atom. The van der Waals surface area contributed by atoms with Crippen LogP contribution in [0, 0.1) is 0 Å². The van der Waals surface area contributed by atoms with Crippen molar-refractivity contribution in [3.63, 3.8) is 0 Å². The van der Waals surface area contributed by atoms with Crippen molar-refractivity contribution in [1.29, 1.82) is 0 Å². The lowest BCUT2D eigenvalue weighted by Gasteiger charge is -2.26. The number of rotatable bonds is 1. The third kappa shape index (κ3) is 1.16. The maximum atomic E-state index is 6.04. The van der Waals surface area contributed by atoms with E-state index in [4.69, 9.17) is 15.2 Å². The van der Waals surface area contributed by atoms with Gasteiger partial charge in [-0.1, -0.05) is 0 Å². The Kier molecular flexibility index (Phi) is 1.74. The Labute approximate surface area is 89.2 Å². The summed E-state index contributed by atoms with van der Waals surface area (Å²) in [6.45, 7) is 0.785. The average Bonchev–Trinajstić information content (AvgIpc) is 2.90. The second-order valence-electron chi connectivity index (χ2n) is 4.43. The first-order valence-corrected chi connectivity index (χ1v) is 5.33. The summed E-state index contributed by atoms with van der Waals surface area (Å²) >= 11 is 0. The molecule has 15 heavy (non-hydrogen) atoms. The van der Waals surface area contributed by atoms with Crippen molar-refractivity contribution in [2.45, 2.75) is 24.3 Å². The van der Waals surface area contributed by atoms with Crippen LogP contribution in [0.2, 0.25) is 0 Å². The van der Waals surface area contributed by atoms with Gasteiger partial charge < -0.3 is 15.2 Å². The molecule has 0 saturated heterocycles. The third-order valence-electron chi connectivity index (χ3n) is 3.66. The summed E-state index contributed by atoms with van der Waals surface area (Å²) in [5, 5.41) is 0. The maximum Gasteiger partial charge on any atom is 0.123 e. The molecular weight excluding hydrogens is 190 g/mol. The van der Waals surface area contributed by atoms with Gasteiger partial charge in [0.05, 0.1) is 13.7 Å². The first-order chi connectivity index (χ1) is 7.26. The zero-order chi connectivity index (χ0) is 10.5. The van der Waals surface area contributed by atoms with Gasteiger partial charge in [0.15, 0.2) is 0 Å². The molecule has 0 bridgehead atoms. The van der Waals surface area contributed by atoms with Gasteiger partial charge in [0, 0.05) is 17.0 Å². The highest BCUT2D eigenvalue weighted by Gasteiger charge is 2.55. The molecule has 1 aliphatic carbocycles. The van der Waals surface area contributed by atoms with Gasteiger partial charge in [-0.25, -0.2) is 0 Å². The van der Waals surface area contributed by atoms with Crippen molar-refractivity contribution in [2.24, 2.45) is 5.73 Å². The van der Waals surface area contributed by atoms with E-state index in [9.17, 15) is 0 Å². The number of hydrogen-bond donors (Lipinski definition) is 1. The van der Waals surface area contributed by atoms with Gasteiger partial charge in [-0.15, -0.1) is 0 Å². The van der Waals surface area contributed by atoms with Crippen molar-refractivity contribution in [2.75, 3.05) is 13.7 Å². The van der Waals surface area contributed by atoms with Crippen molar-refractivity contribution in [3.8, 4) is 11.5 Å². The maximum absolute atomic E-state index is 6.04. The molecule has 1 spiro atoms. The molecule has 1 heterocycles. The summed E-state index contributed by atoms with van der Waals surface area (Å²) in [4.78, 5) is 0. The second kappa shape index (κ2) is 2.89. The normalized spacial score (nSPS) is 32.0. The summed E-state index contributed by atoms with van der Waals surface area (Å²) in [5.74, 6) is 1.87.